The van der Waals surface area contributed by atoms with E-state index < -0.39 is 5.97 Å². The number of carbonyl (C=O) groups excluding carboxylic acids is 1. The molecule has 1 amide bonds. The van der Waals surface area contributed by atoms with Crippen LogP contribution in [0.1, 0.15) is 22.3 Å². The summed E-state index contributed by atoms with van der Waals surface area (Å²) in [5.74, 6) is -0.811. The first-order valence-electron chi connectivity index (χ1n) is 5.74. The van der Waals surface area contributed by atoms with Gasteiger partial charge in [0.2, 0.25) is 0 Å². The largest absolute Gasteiger partial charge is 0.481 e. The average molecular weight is 268 g/mol. The second-order valence-electron chi connectivity index (χ2n) is 4.63. The van der Waals surface area contributed by atoms with Gasteiger partial charge in [-0.25, -0.2) is 0 Å². The van der Waals surface area contributed by atoms with Crippen LogP contribution < -0.4 is 0 Å². The maximum Gasteiger partial charge on any atom is 0.303 e. The van der Waals surface area contributed by atoms with Crippen molar-refractivity contribution in [2.45, 2.75) is 13.3 Å². The van der Waals surface area contributed by atoms with E-state index in [1.54, 1.807) is 17.0 Å². The van der Waals surface area contributed by atoms with Crippen LogP contribution in [0, 0.1) is 12.8 Å². The minimum Gasteiger partial charge on any atom is -0.481 e. The maximum absolute atomic E-state index is 12.2. The van der Waals surface area contributed by atoms with Gasteiger partial charge in [-0.15, -0.1) is 0 Å². The standard InChI is InChI=1S/C13H14ClNO3/c1-8-2-3-10(14)5-11(8)13(18)15-6-9(7-15)4-12(16)17/h2-3,5,9H,4,6-7H2,1H3,(H,16,17). The Hall–Kier alpha value is -1.55. The Morgan fingerprint density at radius 1 is 1.44 bits per heavy atom. The molecule has 1 aliphatic heterocycles. The summed E-state index contributed by atoms with van der Waals surface area (Å²) in [6.45, 7) is 2.88. The van der Waals surface area contributed by atoms with Gasteiger partial charge in [-0.1, -0.05) is 17.7 Å². The molecule has 0 aromatic heterocycles. The second kappa shape index (κ2) is 4.98. The lowest BCUT2D eigenvalue weighted by molar-refractivity contribution is -0.139. The highest BCUT2D eigenvalue weighted by Gasteiger charge is 2.32. The molecule has 1 aromatic carbocycles. The number of nitrogens with zero attached hydrogens (tertiary/aromatic N) is 1. The minimum atomic E-state index is -0.814. The Balaban J connectivity index is 2.01. The summed E-state index contributed by atoms with van der Waals surface area (Å²) in [6.07, 6.45) is 0.123. The molecule has 0 bridgehead atoms. The number of rotatable bonds is 3. The van der Waals surface area contributed by atoms with Gasteiger partial charge in [0.1, 0.15) is 0 Å². The molecule has 2 rings (SSSR count). The Labute approximate surface area is 110 Å². The molecule has 0 radical (unpaired) electrons. The summed E-state index contributed by atoms with van der Waals surface area (Å²) in [6, 6.07) is 5.21. The van der Waals surface area contributed by atoms with E-state index in [9.17, 15) is 9.59 Å². The van der Waals surface area contributed by atoms with Gasteiger partial charge in [-0.05, 0) is 24.6 Å². The molecule has 18 heavy (non-hydrogen) atoms. The lowest BCUT2D eigenvalue weighted by Gasteiger charge is -2.38. The average Bonchev–Trinajstić information content (AvgIpc) is 2.25. The molecule has 1 fully saturated rings. The number of hydrogen-bond donors (Lipinski definition) is 1. The van der Waals surface area contributed by atoms with Crippen molar-refractivity contribution >= 4 is 23.5 Å². The summed E-state index contributed by atoms with van der Waals surface area (Å²) < 4.78 is 0. The highest BCUT2D eigenvalue weighted by atomic mass is 35.5. The van der Waals surface area contributed by atoms with Gasteiger partial charge in [0.25, 0.3) is 5.91 Å². The first kappa shape index (κ1) is 12.9. The number of carboxylic acid groups (broad SMARTS) is 1. The molecule has 1 aliphatic rings. The van der Waals surface area contributed by atoms with E-state index in [0.29, 0.717) is 23.7 Å². The van der Waals surface area contributed by atoms with E-state index in [-0.39, 0.29) is 18.2 Å². The van der Waals surface area contributed by atoms with Crippen LogP contribution in [0.4, 0.5) is 0 Å². The Morgan fingerprint density at radius 3 is 2.72 bits per heavy atom. The summed E-state index contributed by atoms with van der Waals surface area (Å²) in [5, 5.41) is 9.18. The van der Waals surface area contributed by atoms with Crippen molar-refractivity contribution < 1.29 is 14.7 Å². The van der Waals surface area contributed by atoms with E-state index in [1.807, 2.05) is 13.0 Å². The highest BCUT2D eigenvalue weighted by Crippen LogP contribution is 2.24. The Morgan fingerprint density at radius 2 is 2.11 bits per heavy atom. The first-order valence-corrected chi connectivity index (χ1v) is 6.12. The van der Waals surface area contributed by atoms with Crippen molar-refractivity contribution in [1.82, 2.24) is 4.90 Å². The molecule has 0 spiro atoms. The number of likely N-dealkylation sites (tertiary alicyclic amines) is 1. The summed E-state index contributed by atoms with van der Waals surface area (Å²) >= 11 is 5.88. The number of aliphatic carboxylic acids is 1. The molecule has 4 nitrogen and oxygen atoms in total. The minimum absolute atomic E-state index is 0.0726. The molecule has 5 heteroatoms. The predicted octanol–water partition coefficient (Wildman–Crippen LogP) is 2.20. The van der Waals surface area contributed by atoms with Crippen LogP contribution >= 0.6 is 11.6 Å². The molecule has 1 saturated heterocycles. The highest BCUT2D eigenvalue weighted by molar-refractivity contribution is 6.31. The molecule has 96 valence electrons. The third-order valence-electron chi connectivity index (χ3n) is 3.14. The number of halogens is 1. The first-order chi connectivity index (χ1) is 8.47. The van der Waals surface area contributed by atoms with Gasteiger partial charge in [0.15, 0.2) is 0 Å². The molecule has 0 aliphatic carbocycles. The van der Waals surface area contributed by atoms with Gasteiger partial charge >= 0.3 is 5.97 Å². The van der Waals surface area contributed by atoms with E-state index in [0.717, 1.165) is 5.56 Å². The van der Waals surface area contributed by atoms with Crippen molar-refractivity contribution in [2.24, 2.45) is 5.92 Å². The van der Waals surface area contributed by atoms with Crippen LogP contribution in [0.2, 0.25) is 5.02 Å². The summed E-state index contributed by atoms with van der Waals surface area (Å²) in [4.78, 5) is 24.3. The zero-order valence-electron chi connectivity index (χ0n) is 10.0. The van der Waals surface area contributed by atoms with Crippen LogP contribution in [0.3, 0.4) is 0 Å². The smallest absolute Gasteiger partial charge is 0.303 e. The molecule has 0 saturated carbocycles. The van der Waals surface area contributed by atoms with Crippen LogP contribution in [-0.2, 0) is 4.79 Å². The number of hydrogen-bond acceptors (Lipinski definition) is 2. The van der Waals surface area contributed by atoms with Gasteiger partial charge in [-0.3, -0.25) is 9.59 Å². The van der Waals surface area contributed by atoms with Crippen LogP contribution in [0.5, 0.6) is 0 Å². The molecular formula is C13H14ClNO3. The second-order valence-corrected chi connectivity index (χ2v) is 5.07. The van der Waals surface area contributed by atoms with Gasteiger partial charge < -0.3 is 10.0 Å². The normalized spacial score (nSPS) is 15.3. The van der Waals surface area contributed by atoms with E-state index in [2.05, 4.69) is 0 Å². The number of aryl methyl sites for hydroxylation is 1. The molecule has 0 unspecified atom stereocenters. The van der Waals surface area contributed by atoms with E-state index >= 15 is 0 Å². The van der Waals surface area contributed by atoms with E-state index in [1.165, 1.54) is 0 Å². The van der Waals surface area contributed by atoms with Crippen molar-refractivity contribution in [2.75, 3.05) is 13.1 Å². The molecule has 0 atom stereocenters. The fourth-order valence-electron chi connectivity index (χ4n) is 2.11. The van der Waals surface area contributed by atoms with Gasteiger partial charge in [0, 0.05) is 29.6 Å². The summed E-state index contributed by atoms with van der Waals surface area (Å²) in [5.41, 5.74) is 1.47. The third-order valence-corrected chi connectivity index (χ3v) is 3.37. The lowest BCUT2D eigenvalue weighted by atomic mass is 9.95. The van der Waals surface area contributed by atoms with Crippen molar-refractivity contribution in [3.05, 3.63) is 34.3 Å². The predicted molar refractivity (Wildman–Crippen MR) is 67.8 cm³/mol. The third kappa shape index (κ3) is 2.64. The van der Waals surface area contributed by atoms with Crippen LogP contribution in [0.25, 0.3) is 0 Å². The Kier molecular flexibility index (Phi) is 3.57. The number of carbonyl (C=O) groups is 2. The number of amides is 1. The summed E-state index contributed by atoms with van der Waals surface area (Å²) in [7, 11) is 0. The van der Waals surface area contributed by atoms with Crippen molar-refractivity contribution in [3.8, 4) is 0 Å². The topological polar surface area (TPSA) is 57.6 Å². The van der Waals surface area contributed by atoms with Crippen molar-refractivity contribution in [1.29, 1.82) is 0 Å². The van der Waals surface area contributed by atoms with Crippen molar-refractivity contribution in [3.63, 3.8) is 0 Å². The van der Waals surface area contributed by atoms with E-state index in [4.69, 9.17) is 16.7 Å². The lowest BCUT2D eigenvalue weighted by Crippen LogP contribution is -2.50. The molecule has 1 heterocycles. The fourth-order valence-corrected chi connectivity index (χ4v) is 2.28. The Bertz CT molecular complexity index is 495. The van der Waals surface area contributed by atoms with Crippen LogP contribution in [-0.4, -0.2) is 35.0 Å². The molecule has 1 aromatic rings. The zero-order valence-corrected chi connectivity index (χ0v) is 10.8. The number of carboxylic acids is 1. The monoisotopic (exact) mass is 267 g/mol. The van der Waals surface area contributed by atoms with Crippen LogP contribution in [0.15, 0.2) is 18.2 Å². The SMILES string of the molecule is Cc1ccc(Cl)cc1C(=O)N1CC(CC(=O)O)C1. The van der Waals surface area contributed by atoms with Gasteiger partial charge in [-0.2, -0.15) is 0 Å². The quantitative estimate of drug-likeness (QED) is 0.913. The molecular weight excluding hydrogens is 254 g/mol. The number of benzene rings is 1. The fraction of sp³-hybridized carbons (Fsp3) is 0.385. The zero-order chi connectivity index (χ0) is 13.3. The maximum atomic E-state index is 12.2. The molecule has 1 N–H and O–H groups in total. The van der Waals surface area contributed by atoms with Gasteiger partial charge in [0.05, 0.1) is 6.42 Å².